The predicted molar refractivity (Wildman–Crippen MR) is 66.3 cm³/mol. The summed E-state index contributed by atoms with van der Waals surface area (Å²) in [4.78, 5) is 4.22. The first-order chi connectivity index (χ1) is 8.47. The maximum atomic E-state index is 5.62. The van der Waals surface area contributed by atoms with Crippen molar-refractivity contribution < 1.29 is 9.47 Å². The molecule has 0 aliphatic carbocycles. The Morgan fingerprint density at radius 3 is 3.12 bits per heavy atom. The number of pyridine rings is 1. The minimum absolute atomic E-state index is 0.638. The minimum atomic E-state index is 0.638. The third-order valence-corrected chi connectivity index (χ3v) is 2.49. The van der Waals surface area contributed by atoms with Crippen molar-refractivity contribution in [3.63, 3.8) is 0 Å². The Morgan fingerprint density at radius 1 is 1.18 bits per heavy atom. The van der Waals surface area contributed by atoms with Gasteiger partial charge in [0.2, 0.25) is 5.88 Å². The number of hydrogen-bond acceptors (Lipinski definition) is 5. The largest absolute Gasteiger partial charge is 0.476 e. The Morgan fingerprint density at radius 2 is 2.12 bits per heavy atom. The van der Waals surface area contributed by atoms with Gasteiger partial charge in [0.15, 0.2) is 0 Å². The van der Waals surface area contributed by atoms with Crippen LogP contribution < -0.4 is 15.4 Å². The van der Waals surface area contributed by atoms with E-state index in [0.29, 0.717) is 19.2 Å². The summed E-state index contributed by atoms with van der Waals surface area (Å²) in [6.07, 6.45) is 3.66. The molecule has 0 spiro atoms. The maximum absolute atomic E-state index is 5.62. The van der Waals surface area contributed by atoms with Crippen LogP contribution in [-0.4, -0.2) is 38.0 Å². The Kier molecular flexibility index (Phi) is 5.06. The van der Waals surface area contributed by atoms with Crippen molar-refractivity contribution in [3.05, 3.63) is 18.3 Å². The Bertz CT molecular complexity index is 302. The normalized spacial score (nSPS) is 18.6. The SMILES string of the molecule is c1cnc2c(c1)NCNCCCOCCCO2. The number of fused-ring (bicyclic) bond motifs is 1. The molecule has 1 aliphatic heterocycles. The van der Waals surface area contributed by atoms with E-state index in [9.17, 15) is 0 Å². The van der Waals surface area contributed by atoms with E-state index in [2.05, 4.69) is 15.6 Å². The molecule has 2 N–H and O–H groups in total. The molecule has 2 heterocycles. The fourth-order valence-electron chi connectivity index (χ4n) is 1.62. The van der Waals surface area contributed by atoms with Crippen LogP contribution in [0.4, 0.5) is 5.69 Å². The van der Waals surface area contributed by atoms with Gasteiger partial charge >= 0.3 is 0 Å². The highest BCUT2D eigenvalue weighted by molar-refractivity contribution is 5.51. The lowest BCUT2D eigenvalue weighted by Gasteiger charge is -2.11. The van der Waals surface area contributed by atoms with Gasteiger partial charge in [-0.15, -0.1) is 0 Å². The predicted octanol–water partition coefficient (Wildman–Crippen LogP) is 1.23. The molecule has 17 heavy (non-hydrogen) atoms. The fraction of sp³-hybridized carbons (Fsp3) is 0.583. The summed E-state index contributed by atoms with van der Waals surface area (Å²) in [5.41, 5.74) is 0.931. The van der Waals surface area contributed by atoms with E-state index in [4.69, 9.17) is 9.47 Å². The van der Waals surface area contributed by atoms with E-state index < -0.39 is 0 Å². The molecule has 94 valence electrons. The Balaban J connectivity index is 1.95. The highest BCUT2D eigenvalue weighted by Gasteiger charge is 2.04. The van der Waals surface area contributed by atoms with E-state index in [1.807, 2.05) is 12.1 Å². The lowest BCUT2D eigenvalue weighted by molar-refractivity contribution is 0.117. The van der Waals surface area contributed by atoms with Crippen molar-refractivity contribution >= 4 is 5.69 Å². The van der Waals surface area contributed by atoms with Crippen molar-refractivity contribution in [2.24, 2.45) is 0 Å². The fourth-order valence-corrected chi connectivity index (χ4v) is 1.62. The molecule has 0 unspecified atom stereocenters. The molecular formula is C12H19N3O2. The molecule has 0 fully saturated rings. The smallest absolute Gasteiger partial charge is 0.237 e. The van der Waals surface area contributed by atoms with Crippen LogP contribution in [0.5, 0.6) is 5.88 Å². The third-order valence-electron chi connectivity index (χ3n) is 2.49. The lowest BCUT2D eigenvalue weighted by atomic mass is 10.4. The molecule has 0 saturated carbocycles. The van der Waals surface area contributed by atoms with Crippen LogP contribution in [0.2, 0.25) is 0 Å². The number of nitrogens with one attached hydrogen (secondary N) is 2. The Labute approximate surface area is 102 Å². The van der Waals surface area contributed by atoms with Gasteiger partial charge < -0.3 is 14.8 Å². The average Bonchev–Trinajstić information content (AvgIpc) is 2.38. The second-order valence-corrected chi connectivity index (χ2v) is 3.88. The molecule has 0 radical (unpaired) electrons. The van der Waals surface area contributed by atoms with E-state index in [0.717, 1.165) is 38.3 Å². The summed E-state index contributed by atoms with van der Waals surface area (Å²) in [6, 6.07) is 3.87. The molecule has 1 aromatic rings. The van der Waals surface area contributed by atoms with Crippen LogP contribution in [0.1, 0.15) is 12.8 Å². The zero-order valence-corrected chi connectivity index (χ0v) is 9.95. The molecule has 0 saturated heterocycles. The quantitative estimate of drug-likeness (QED) is 0.711. The van der Waals surface area contributed by atoms with Gasteiger partial charge in [0.1, 0.15) is 0 Å². The summed E-state index contributed by atoms with van der Waals surface area (Å²) >= 11 is 0. The Hall–Kier alpha value is -1.33. The van der Waals surface area contributed by atoms with Gasteiger partial charge in [0.05, 0.1) is 19.0 Å². The number of ether oxygens (including phenoxy) is 2. The molecule has 5 nitrogen and oxygen atoms in total. The summed E-state index contributed by atoms with van der Waals surface area (Å²) in [6.45, 7) is 3.85. The zero-order chi connectivity index (χ0) is 11.8. The van der Waals surface area contributed by atoms with E-state index >= 15 is 0 Å². The van der Waals surface area contributed by atoms with Crippen LogP contribution in [0.15, 0.2) is 18.3 Å². The van der Waals surface area contributed by atoms with Crippen molar-refractivity contribution in [1.29, 1.82) is 0 Å². The van der Waals surface area contributed by atoms with Crippen LogP contribution in [0, 0.1) is 0 Å². The summed E-state index contributed by atoms with van der Waals surface area (Å²) < 4.78 is 11.1. The highest BCUT2D eigenvalue weighted by atomic mass is 16.5. The summed E-state index contributed by atoms with van der Waals surface area (Å²) in [5, 5.41) is 6.55. The van der Waals surface area contributed by atoms with Gasteiger partial charge in [-0.1, -0.05) is 0 Å². The van der Waals surface area contributed by atoms with Crippen molar-refractivity contribution in [1.82, 2.24) is 10.3 Å². The molecule has 0 atom stereocenters. The second-order valence-electron chi connectivity index (χ2n) is 3.88. The lowest BCUT2D eigenvalue weighted by Crippen LogP contribution is -2.24. The van der Waals surface area contributed by atoms with Gasteiger partial charge in [-0.05, 0) is 25.1 Å². The second kappa shape index (κ2) is 7.09. The van der Waals surface area contributed by atoms with E-state index in [-0.39, 0.29) is 0 Å². The molecular weight excluding hydrogens is 218 g/mol. The van der Waals surface area contributed by atoms with Crippen molar-refractivity contribution in [2.75, 3.05) is 38.4 Å². The summed E-state index contributed by atoms with van der Waals surface area (Å²) in [7, 11) is 0. The van der Waals surface area contributed by atoms with Crippen LogP contribution in [0.25, 0.3) is 0 Å². The summed E-state index contributed by atoms with van der Waals surface area (Å²) in [5.74, 6) is 0.661. The highest BCUT2D eigenvalue weighted by Crippen LogP contribution is 2.20. The van der Waals surface area contributed by atoms with Crippen molar-refractivity contribution in [3.8, 4) is 5.88 Å². The molecule has 1 aromatic heterocycles. The number of nitrogens with zero attached hydrogens (tertiary/aromatic N) is 1. The topological polar surface area (TPSA) is 55.4 Å². The van der Waals surface area contributed by atoms with Crippen LogP contribution in [-0.2, 0) is 4.74 Å². The molecule has 1 aliphatic rings. The van der Waals surface area contributed by atoms with E-state index in [1.54, 1.807) is 6.20 Å². The number of hydrogen-bond donors (Lipinski definition) is 2. The number of rotatable bonds is 0. The first-order valence-electron chi connectivity index (χ1n) is 6.07. The maximum Gasteiger partial charge on any atom is 0.237 e. The first kappa shape index (κ1) is 12.1. The minimum Gasteiger partial charge on any atom is -0.476 e. The first-order valence-corrected chi connectivity index (χ1v) is 6.07. The van der Waals surface area contributed by atoms with Gasteiger partial charge in [-0.3, -0.25) is 5.32 Å². The molecule has 0 bridgehead atoms. The van der Waals surface area contributed by atoms with Crippen molar-refractivity contribution in [2.45, 2.75) is 12.8 Å². The van der Waals surface area contributed by atoms with Gasteiger partial charge in [0, 0.05) is 25.8 Å². The van der Waals surface area contributed by atoms with Gasteiger partial charge in [0.25, 0.3) is 0 Å². The third kappa shape index (κ3) is 4.20. The van der Waals surface area contributed by atoms with Gasteiger partial charge in [-0.25, -0.2) is 4.98 Å². The monoisotopic (exact) mass is 237 g/mol. The van der Waals surface area contributed by atoms with Gasteiger partial charge in [-0.2, -0.15) is 0 Å². The molecule has 2 rings (SSSR count). The van der Waals surface area contributed by atoms with Crippen LogP contribution in [0.3, 0.4) is 0 Å². The standard InChI is InChI=1S/C12H19N3O2/c1-4-11-12(14-6-1)17-9-3-8-16-7-2-5-13-10-15-11/h1,4,6,13,15H,2-3,5,7-10H2. The molecule has 5 heteroatoms. The van der Waals surface area contributed by atoms with Crippen LogP contribution >= 0.6 is 0 Å². The molecule has 0 amide bonds. The zero-order valence-electron chi connectivity index (χ0n) is 9.95. The van der Waals surface area contributed by atoms with E-state index in [1.165, 1.54) is 0 Å². The number of aromatic nitrogens is 1. The number of anilines is 1. The molecule has 0 aromatic carbocycles. The average molecular weight is 237 g/mol.